The van der Waals surface area contributed by atoms with Gasteiger partial charge >= 0.3 is 0 Å². The lowest BCUT2D eigenvalue weighted by Crippen LogP contribution is -2.07. The number of aromatic nitrogens is 3. The number of aryl methyl sites for hydroxylation is 3. The first-order valence-corrected chi connectivity index (χ1v) is 7.41. The molecule has 0 N–H and O–H groups in total. The van der Waals surface area contributed by atoms with Gasteiger partial charge in [0.25, 0.3) is 0 Å². The molecule has 3 rings (SSSR count). The largest absolute Gasteiger partial charge is 0.328 e. The smallest absolute Gasteiger partial charge is 0.125 e. The summed E-state index contributed by atoms with van der Waals surface area (Å²) in [7, 11) is 0. The Morgan fingerprint density at radius 1 is 1.19 bits per heavy atom. The highest BCUT2D eigenvalue weighted by Crippen LogP contribution is 2.19. The first-order chi connectivity index (χ1) is 10.3. The Morgan fingerprint density at radius 2 is 2.10 bits per heavy atom. The zero-order valence-electron chi connectivity index (χ0n) is 11.5. The zero-order valence-corrected chi connectivity index (χ0v) is 12.2. The predicted octanol–water partition coefficient (Wildman–Crippen LogP) is 3.59. The number of benzene rings is 1. The number of nitrogens with zero attached hydrogens (tertiary/aromatic N) is 3. The molecule has 2 heterocycles. The van der Waals surface area contributed by atoms with E-state index in [1.807, 2.05) is 18.3 Å². The second-order valence-corrected chi connectivity index (χ2v) is 5.24. The molecule has 2 aromatic heterocycles. The van der Waals surface area contributed by atoms with Gasteiger partial charge in [0.15, 0.2) is 0 Å². The molecule has 0 radical (unpaired) electrons. The number of alkyl halides is 1. The average molecular weight is 304 g/mol. The molecule has 5 heteroatoms. The number of halogens is 2. The van der Waals surface area contributed by atoms with Crippen molar-refractivity contribution in [3.05, 3.63) is 59.9 Å². The Balaban J connectivity index is 1.93. The maximum atomic E-state index is 13.3. The highest BCUT2D eigenvalue weighted by atomic mass is 35.5. The van der Waals surface area contributed by atoms with Crippen LogP contribution in [-0.4, -0.2) is 20.4 Å². The van der Waals surface area contributed by atoms with Crippen LogP contribution in [0.3, 0.4) is 0 Å². The van der Waals surface area contributed by atoms with E-state index >= 15 is 0 Å². The van der Waals surface area contributed by atoms with Gasteiger partial charge in [0.05, 0.1) is 11.0 Å². The van der Waals surface area contributed by atoms with Gasteiger partial charge in [-0.3, -0.25) is 4.98 Å². The van der Waals surface area contributed by atoms with Crippen molar-refractivity contribution in [3.8, 4) is 0 Å². The lowest BCUT2D eigenvalue weighted by atomic mass is 10.2. The summed E-state index contributed by atoms with van der Waals surface area (Å²) >= 11 is 5.85. The van der Waals surface area contributed by atoms with Gasteiger partial charge < -0.3 is 4.57 Å². The monoisotopic (exact) mass is 303 g/mol. The van der Waals surface area contributed by atoms with Crippen LogP contribution in [0.25, 0.3) is 11.0 Å². The summed E-state index contributed by atoms with van der Waals surface area (Å²) in [5, 5.41) is 0. The van der Waals surface area contributed by atoms with Gasteiger partial charge in [-0.25, -0.2) is 9.37 Å². The normalized spacial score (nSPS) is 11.1. The quantitative estimate of drug-likeness (QED) is 0.674. The molecule has 3 nitrogen and oxygen atoms in total. The van der Waals surface area contributed by atoms with Crippen LogP contribution in [0.15, 0.2) is 42.7 Å². The molecule has 0 aliphatic heterocycles. The number of hydrogen-bond acceptors (Lipinski definition) is 2. The molecule has 0 saturated carbocycles. The molecule has 0 bridgehead atoms. The van der Waals surface area contributed by atoms with Crippen LogP contribution in [0.4, 0.5) is 4.39 Å². The van der Waals surface area contributed by atoms with Gasteiger partial charge in [-0.15, -0.1) is 11.6 Å². The van der Waals surface area contributed by atoms with Crippen molar-refractivity contribution in [1.82, 2.24) is 14.5 Å². The fraction of sp³-hybridized carbons (Fsp3) is 0.250. The van der Waals surface area contributed by atoms with Crippen molar-refractivity contribution >= 4 is 22.6 Å². The molecule has 21 heavy (non-hydrogen) atoms. The maximum Gasteiger partial charge on any atom is 0.125 e. The third-order valence-corrected chi connectivity index (χ3v) is 3.64. The maximum absolute atomic E-state index is 13.3. The fourth-order valence-electron chi connectivity index (χ4n) is 2.46. The lowest BCUT2D eigenvalue weighted by molar-refractivity contribution is 0.629. The van der Waals surface area contributed by atoms with Crippen LogP contribution in [-0.2, 0) is 19.4 Å². The van der Waals surface area contributed by atoms with Crippen LogP contribution in [0.5, 0.6) is 0 Å². The standard InChI is InChI=1S/C16H15ClFN3/c17-7-5-16-20-14-10-13(18)3-4-15(14)21(16)9-6-12-2-1-8-19-11-12/h1-4,8,10-11H,5-7,9H2. The molecular formula is C16H15ClFN3. The molecule has 108 valence electrons. The summed E-state index contributed by atoms with van der Waals surface area (Å²) in [6, 6.07) is 8.69. The summed E-state index contributed by atoms with van der Waals surface area (Å²) in [6.07, 6.45) is 5.15. The zero-order chi connectivity index (χ0) is 14.7. The number of pyridine rings is 1. The van der Waals surface area contributed by atoms with Gasteiger partial charge in [0, 0.05) is 37.3 Å². The Hall–Kier alpha value is -1.94. The molecule has 0 fully saturated rings. The minimum absolute atomic E-state index is 0.267. The highest BCUT2D eigenvalue weighted by molar-refractivity contribution is 6.17. The third-order valence-electron chi connectivity index (χ3n) is 3.45. The summed E-state index contributed by atoms with van der Waals surface area (Å²) in [5.74, 6) is 1.13. The van der Waals surface area contributed by atoms with Crippen molar-refractivity contribution in [2.75, 3.05) is 5.88 Å². The van der Waals surface area contributed by atoms with E-state index in [4.69, 9.17) is 11.6 Å². The van der Waals surface area contributed by atoms with Gasteiger partial charge in [-0.2, -0.15) is 0 Å². The van der Waals surface area contributed by atoms with E-state index in [-0.39, 0.29) is 5.82 Å². The van der Waals surface area contributed by atoms with Crippen LogP contribution in [0, 0.1) is 5.82 Å². The lowest BCUT2D eigenvalue weighted by Gasteiger charge is -2.08. The molecule has 3 aromatic rings. The second kappa shape index (κ2) is 6.22. The molecule has 0 aliphatic carbocycles. The Kier molecular flexibility index (Phi) is 4.15. The van der Waals surface area contributed by atoms with Crippen molar-refractivity contribution in [3.63, 3.8) is 0 Å². The summed E-state index contributed by atoms with van der Waals surface area (Å²) in [4.78, 5) is 8.62. The van der Waals surface area contributed by atoms with E-state index in [2.05, 4.69) is 14.5 Å². The van der Waals surface area contributed by atoms with E-state index in [0.717, 1.165) is 24.3 Å². The molecule has 0 atom stereocenters. The van der Waals surface area contributed by atoms with E-state index < -0.39 is 0 Å². The first-order valence-electron chi connectivity index (χ1n) is 6.87. The Morgan fingerprint density at radius 3 is 2.86 bits per heavy atom. The molecule has 0 amide bonds. The molecule has 0 aliphatic rings. The number of imidazole rings is 1. The number of hydrogen-bond donors (Lipinski definition) is 0. The van der Waals surface area contributed by atoms with E-state index in [1.54, 1.807) is 12.3 Å². The average Bonchev–Trinajstić information content (AvgIpc) is 2.83. The molecular weight excluding hydrogens is 289 g/mol. The fourth-order valence-corrected chi connectivity index (χ4v) is 2.63. The Labute approximate surface area is 127 Å². The molecule has 1 aromatic carbocycles. The molecule has 0 saturated heterocycles. The van der Waals surface area contributed by atoms with Crippen molar-refractivity contribution in [1.29, 1.82) is 0 Å². The summed E-state index contributed by atoms with van der Waals surface area (Å²) in [6.45, 7) is 0.778. The van der Waals surface area contributed by atoms with Gasteiger partial charge in [0.2, 0.25) is 0 Å². The van der Waals surface area contributed by atoms with Crippen LogP contribution in [0.1, 0.15) is 11.4 Å². The van der Waals surface area contributed by atoms with Gasteiger partial charge in [-0.05, 0) is 30.2 Å². The minimum Gasteiger partial charge on any atom is -0.328 e. The van der Waals surface area contributed by atoms with Crippen molar-refractivity contribution in [2.24, 2.45) is 0 Å². The highest BCUT2D eigenvalue weighted by Gasteiger charge is 2.11. The molecule has 0 unspecified atom stereocenters. The number of fused-ring (bicyclic) bond motifs is 1. The summed E-state index contributed by atoms with van der Waals surface area (Å²) in [5.41, 5.74) is 2.79. The summed E-state index contributed by atoms with van der Waals surface area (Å²) < 4.78 is 15.4. The SMILES string of the molecule is Fc1ccc2c(c1)nc(CCCl)n2CCc1cccnc1. The molecule has 0 spiro atoms. The van der Waals surface area contributed by atoms with Gasteiger partial charge in [0.1, 0.15) is 11.6 Å². The van der Waals surface area contributed by atoms with Crippen LogP contribution in [0.2, 0.25) is 0 Å². The minimum atomic E-state index is -0.267. The topological polar surface area (TPSA) is 30.7 Å². The van der Waals surface area contributed by atoms with Crippen LogP contribution >= 0.6 is 11.6 Å². The van der Waals surface area contributed by atoms with E-state index in [1.165, 1.54) is 17.7 Å². The predicted molar refractivity (Wildman–Crippen MR) is 82.1 cm³/mol. The first kappa shape index (κ1) is 14.0. The Bertz CT molecular complexity index is 740. The third kappa shape index (κ3) is 3.05. The second-order valence-electron chi connectivity index (χ2n) is 4.86. The van der Waals surface area contributed by atoms with Crippen molar-refractivity contribution < 1.29 is 4.39 Å². The van der Waals surface area contributed by atoms with Gasteiger partial charge in [-0.1, -0.05) is 6.07 Å². The van der Waals surface area contributed by atoms with Crippen molar-refractivity contribution in [2.45, 2.75) is 19.4 Å². The number of rotatable bonds is 5. The van der Waals surface area contributed by atoms with E-state index in [0.29, 0.717) is 17.8 Å². The van der Waals surface area contributed by atoms with E-state index in [9.17, 15) is 4.39 Å². The van der Waals surface area contributed by atoms with Crippen LogP contribution < -0.4 is 0 Å².